The molecule has 10 heteroatoms. The van der Waals surface area contributed by atoms with Crippen LogP contribution in [0.2, 0.25) is 0 Å². The van der Waals surface area contributed by atoms with Crippen LogP contribution < -0.4 is 15.5 Å². The molecule has 246 valence electrons. The molecule has 1 saturated heterocycles. The Labute approximate surface area is 278 Å². The molecule has 9 nitrogen and oxygen atoms in total. The molecule has 2 aromatic heterocycles. The summed E-state index contributed by atoms with van der Waals surface area (Å²) < 4.78 is 12.7. The Kier molecular flexibility index (Phi) is 11.0. The second kappa shape index (κ2) is 15.9. The lowest BCUT2D eigenvalue weighted by Crippen LogP contribution is -2.39. The standard InChI is InChI=1S/C37H42N4O5S/c42-33-17-14-27(35-34(33)40-37(44)47-35)18-22-38-21-6-10-28-15-16-29(45-28)11-7-23-41-24-19-30(20-25-41)46-36(43)39-32-13-5-4-12-31(32)26-8-2-1-3-9-26/h1-5,8-9,12-17,30,38,42H,6-7,10-11,18-25H2,(H,39,43)(H,40,44). The number of furan rings is 1. The topological polar surface area (TPSA) is 120 Å². The van der Waals surface area contributed by atoms with Crippen molar-refractivity contribution in [1.29, 1.82) is 0 Å². The number of aromatic hydroxyl groups is 1. The molecule has 0 radical (unpaired) electrons. The van der Waals surface area contributed by atoms with E-state index < -0.39 is 6.09 Å². The van der Waals surface area contributed by atoms with Crippen molar-refractivity contribution in [2.75, 3.05) is 38.0 Å². The average Bonchev–Trinajstić information content (AvgIpc) is 3.71. The first-order chi connectivity index (χ1) is 23.0. The van der Waals surface area contributed by atoms with Gasteiger partial charge in [0.1, 0.15) is 28.9 Å². The van der Waals surface area contributed by atoms with Crippen molar-refractivity contribution in [3.05, 3.63) is 106 Å². The maximum absolute atomic E-state index is 12.7. The number of aryl methyl sites for hydroxylation is 2. The summed E-state index contributed by atoms with van der Waals surface area (Å²) in [5, 5.41) is 16.4. The van der Waals surface area contributed by atoms with Gasteiger partial charge in [-0.05, 0) is 87.1 Å². The lowest BCUT2D eigenvalue weighted by molar-refractivity contribution is 0.0586. The van der Waals surface area contributed by atoms with Gasteiger partial charge in [0.15, 0.2) is 0 Å². The number of carbonyl (C=O) groups is 1. The summed E-state index contributed by atoms with van der Waals surface area (Å²) in [7, 11) is 0. The fraction of sp³-hybridized carbons (Fsp3) is 0.351. The number of amides is 1. The van der Waals surface area contributed by atoms with Crippen LogP contribution in [0.5, 0.6) is 5.75 Å². The molecule has 47 heavy (non-hydrogen) atoms. The number of carbonyl (C=O) groups excluding carboxylic acids is 1. The number of para-hydroxylation sites is 1. The molecule has 5 aromatic rings. The molecule has 3 heterocycles. The number of nitrogens with zero attached hydrogens (tertiary/aromatic N) is 1. The molecule has 0 aliphatic carbocycles. The van der Waals surface area contributed by atoms with Crippen LogP contribution in [0.3, 0.4) is 0 Å². The maximum atomic E-state index is 12.7. The number of ether oxygens (including phenoxy) is 1. The van der Waals surface area contributed by atoms with Crippen LogP contribution in [-0.2, 0) is 24.0 Å². The van der Waals surface area contributed by atoms with E-state index in [4.69, 9.17) is 9.15 Å². The van der Waals surface area contributed by atoms with E-state index in [0.717, 1.165) is 128 Å². The van der Waals surface area contributed by atoms with Gasteiger partial charge in [-0.15, -0.1) is 0 Å². The van der Waals surface area contributed by atoms with Crippen molar-refractivity contribution < 1.29 is 19.1 Å². The zero-order chi connectivity index (χ0) is 32.4. The molecule has 4 N–H and O–H groups in total. The number of aromatic nitrogens is 1. The third-order valence-corrected chi connectivity index (χ3v) is 9.62. The largest absolute Gasteiger partial charge is 0.506 e. The monoisotopic (exact) mass is 654 g/mol. The molecular weight excluding hydrogens is 612 g/mol. The number of piperidine rings is 1. The Morgan fingerprint density at radius 2 is 1.66 bits per heavy atom. The average molecular weight is 655 g/mol. The predicted molar refractivity (Wildman–Crippen MR) is 187 cm³/mol. The first-order valence-electron chi connectivity index (χ1n) is 16.5. The van der Waals surface area contributed by atoms with Crippen LogP contribution in [0.25, 0.3) is 21.3 Å². The van der Waals surface area contributed by atoms with Crippen molar-refractivity contribution >= 4 is 33.3 Å². The molecule has 1 amide bonds. The number of likely N-dealkylation sites (tertiary alicyclic amines) is 1. The van der Waals surface area contributed by atoms with Gasteiger partial charge in [0, 0.05) is 31.5 Å². The molecule has 1 aliphatic rings. The third kappa shape index (κ3) is 8.91. The number of rotatable bonds is 14. The number of anilines is 1. The molecule has 0 atom stereocenters. The normalized spacial score (nSPS) is 14.0. The summed E-state index contributed by atoms with van der Waals surface area (Å²) in [6.45, 7) is 4.50. The van der Waals surface area contributed by atoms with E-state index in [-0.39, 0.29) is 16.7 Å². The van der Waals surface area contributed by atoms with Gasteiger partial charge in [-0.2, -0.15) is 0 Å². The van der Waals surface area contributed by atoms with Crippen LogP contribution in [0, 0.1) is 0 Å². The molecule has 0 saturated carbocycles. The Hall–Kier alpha value is -4.38. The number of benzene rings is 3. The number of H-pyrrole nitrogens is 1. The zero-order valence-electron chi connectivity index (χ0n) is 26.5. The maximum Gasteiger partial charge on any atom is 0.411 e. The van der Waals surface area contributed by atoms with E-state index in [1.807, 2.05) is 60.7 Å². The fourth-order valence-electron chi connectivity index (χ4n) is 6.18. The van der Waals surface area contributed by atoms with Gasteiger partial charge in [0.25, 0.3) is 0 Å². The summed E-state index contributed by atoms with van der Waals surface area (Å²) >= 11 is 1.14. The van der Waals surface area contributed by atoms with E-state index in [1.54, 1.807) is 6.07 Å². The van der Waals surface area contributed by atoms with E-state index in [0.29, 0.717) is 5.52 Å². The smallest absolute Gasteiger partial charge is 0.411 e. The van der Waals surface area contributed by atoms with Crippen molar-refractivity contribution in [3.8, 4) is 16.9 Å². The lowest BCUT2D eigenvalue weighted by Gasteiger charge is -2.31. The molecule has 0 unspecified atom stereocenters. The highest BCUT2D eigenvalue weighted by molar-refractivity contribution is 7.16. The lowest BCUT2D eigenvalue weighted by atomic mass is 10.0. The molecule has 0 bridgehead atoms. The minimum atomic E-state index is -0.399. The van der Waals surface area contributed by atoms with Crippen molar-refractivity contribution in [1.82, 2.24) is 15.2 Å². The van der Waals surface area contributed by atoms with E-state index in [1.165, 1.54) is 0 Å². The number of thiazole rings is 1. The van der Waals surface area contributed by atoms with Crippen LogP contribution in [0.4, 0.5) is 10.5 Å². The number of phenolic OH excluding ortho intramolecular Hbond substituents is 1. The molecule has 0 spiro atoms. The summed E-state index contributed by atoms with van der Waals surface area (Å²) in [5.74, 6) is 2.16. The molecule has 1 aliphatic heterocycles. The molecular formula is C37H42N4O5S. The third-order valence-electron chi connectivity index (χ3n) is 8.66. The highest BCUT2D eigenvalue weighted by atomic mass is 32.1. The Balaban J connectivity index is 0.837. The zero-order valence-corrected chi connectivity index (χ0v) is 27.3. The Bertz CT molecular complexity index is 1810. The highest BCUT2D eigenvalue weighted by Gasteiger charge is 2.22. The second-order valence-corrected chi connectivity index (χ2v) is 13.0. The number of nitrogens with one attached hydrogen (secondary N) is 3. The predicted octanol–water partition coefficient (Wildman–Crippen LogP) is 6.97. The van der Waals surface area contributed by atoms with Gasteiger partial charge in [0.05, 0.1) is 10.4 Å². The minimum absolute atomic E-state index is 0.0762. The van der Waals surface area contributed by atoms with Crippen LogP contribution in [0.1, 0.15) is 42.8 Å². The van der Waals surface area contributed by atoms with E-state index in [9.17, 15) is 14.7 Å². The minimum Gasteiger partial charge on any atom is -0.506 e. The Morgan fingerprint density at radius 3 is 2.47 bits per heavy atom. The first kappa shape index (κ1) is 32.6. The van der Waals surface area contributed by atoms with Gasteiger partial charge < -0.3 is 29.5 Å². The van der Waals surface area contributed by atoms with Crippen LogP contribution in [0.15, 0.2) is 88.1 Å². The van der Waals surface area contributed by atoms with E-state index in [2.05, 4.69) is 32.7 Å². The number of hydrogen-bond donors (Lipinski definition) is 4. The summed E-state index contributed by atoms with van der Waals surface area (Å²) in [4.78, 5) is 29.4. The number of hydrogen-bond acceptors (Lipinski definition) is 8. The van der Waals surface area contributed by atoms with Crippen molar-refractivity contribution in [2.24, 2.45) is 0 Å². The van der Waals surface area contributed by atoms with Gasteiger partial charge in [-0.3, -0.25) is 10.1 Å². The molecule has 1 fully saturated rings. The van der Waals surface area contributed by atoms with Gasteiger partial charge in [-0.25, -0.2) is 4.79 Å². The summed E-state index contributed by atoms with van der Waals surface area (Å²) in [5.41, 5.74) is 4.37. The van der Waals surface area contributed by atoms with Gasteiger partial charge in [0.2, 0.25) is 0 Å². The molecule has 6 rings (SSSR count). The number of fused-ring (bicyclic) bond motifs is 1. The van der Waals surface area contributed by atoms with Crippen LogP contribution >= 0.6 is 11.3 Å². The van der Waals surface area contributed by atoms with Crippen molar-refractivity contribution in [3.63, 3.8) is 0 Å². The van der Waals surface area contributed by atoms with E-state index >= 15 is 0 Å². The van der Waals surface area contributed by atoms with Gasteiger partial charge in [-0.1, -0.05) is 65.9 Å². The summed E-state index contributed by atoms with van der Waals surface area (Å²) in [6.07, 6.45) is 5.77. The molecule has 3 aromatic carbocycles. The first-order valence-corrected chi connectivity index (χ1v) is 17.3. The van der Waals surface area contributed by atoms with Crippen LogP contribution in [-0.4, -0.2) is 59.9 Å². The Morgan fingerprint density at radius 1 is 0.915 bits per heavy atom. The fourth-order valence-corrected chi connectivity index (χ4v) is 7.07. The number of phenols is 1. The summed E-state index contributed by atoms with van der Waals surface area (Å²) in [6, 6.07) is 25.5. The van der Waals surface area contributed by atoms with Crippen molar-refractivity contribution in [2.45, 2.75) is 51.0 Å². The highest BCUT2D eigenvalue weighted by Crippen LogP contribution is 2.29. The second-order valence-electron chi connectivity index (χ2n) is 12.0. The quantitative estimate of drug-likeness (QED) is 0.0956. The van der Waals surface area contributed by atoms with Gasteiger partial charge >= 0.3 is 11.0 Å². The SMILES string of the molecule is O=C(Nc1ccccc1-c1ccccc1)OC1CCN(CCCc2ccc(CCCNCCc3ccc(O)c4[nH]c(=O)sc34)o2)CC1. The number of aromatic amines is 1.